The average molecular weight is 553 g/mol. The lowest BCUT2D eigenvalue weighted by Crippen LogP contribution is -2.35. The number of thiocarbonyl (C=S) groups is 1. The molecule has 0 aromatic heterocycles. The molecule has 196 valence electrons. The fourth-order valence-electron chi connectivity index (χ4n) is 3.81. The van der Waals surface area contributed by atoms with Gasteiger partial charge in [0.2, 0.25) is 0 Å². The summed E-state index contributed by atoms with van der Waals surface area (Å²) in [5.74, 6) is -0.253. The number of amides is 2. The molecule has 2 fully saturated rings. The Morgan fingerprint density at radius 3 is 2.78 bits per heavy atom. The van der Waals surface area contributed by atoms with Gasteiger partial charge in [-0.1, -0.05) is 36.1 Å². The Bertz CT molecular complexity index is 1230. The summed E-state index contributed by atoms with van der Waals surface area (Å²) in [5, 5.41) is 2.38. The third-order valence-corrected chi connectivity index (χ3v) is 6.98. The molecular formula is C25H23F3N2O5S2. The number of hydrogen-bond acceptors (Lipinski definition) is 7. The third-order valence-electron chi connectivity index (χ3n) is 5.60. The highest BCUT2D eigenvalue weighted by molar-refractivity contribution is 8.26. The normalized spacial score (nSPS) is 19.0. The quantitative estimate of drug-likeness (QED) is 0.360. The Morgan fingerprint density at radius 1 is 1.27 bits per heavy atom. The predicted octanol–water partition coefficient (Wildman–Crippen LogP) is 5.11. The van der Waals surface area contributed by atoms with Gasteiger partial charge in [0.25, 0.3) is 11.8 Å². The maximum absolute atomic E-state index is 12.9. The van der Waals surface area contributed by atoms with Crippen LogP contribution < -0.4 is 14.8 Å². The highest BCUT2D eigenvalue weighted by Gasteiger charge is 2.34. The van der Waals surface area contributed by atoms with Crippen molar-refractivity contribution in [1.82, 2.24) is 4.90 Å². The summed E-state index contributed by atoms with van der Waals surface area (Å²) >= 11 is 6.59. The number of carbonyl (C=O) groups is 2. The summed E-state index contributed by atoms with van der Waals surface area (Å²) in [6, 6.07) is 9.23. The molecule has 2 aromatic rings. The molecule has 0 radical (unpaired) electrons. The zero-order valence-electron chi connectivity index (χ0n) is 19.7. The van der Waals surface area contributed by atoms with Crippen LogP contribution >= 0.6 is 24.0 Å². The first kappa shape index (κ1) is 27.0. The third kappa shape index (κ3) is 6.82. The van der Waals surface area contributed by atoms with Crippen molar-refractivity contribution in [3.05, 3.63) is 58.5 Å². The molecular weight excluding hydrogens is 529 g/mol. The van der Waals surface area contributed by atoms with Gasteiger partial charge < -0.3 is 19.5 Å². The Kier molecular flexibility index (Phi) is 8.40. The van der Waals surface area contributed by atoms with E-state index in [4.69, 9.17) is 26.4 Å². The Balaban J connectivity index is 1.38. The van der Waals surface area contributed by atoms with Gasteiger partial charge in [-0.25, -0.2) is 0 Å². The van der Waals surface area contributed by atoms with Crippen molar-refractivity contribution in [2.45, 2.75) is 25.1 Å². The summed E-state index contributed by atoms with van der Waals surface area (Å²) in [5.41, 5.74) is -0.204. The standard InChI is InChI=1S/C25H23F3N2O5S2/c1-33-20-10-15(11-21-23(32)30(24(36)37-21)13-18-6-3-9-34-18)7-8-19(20)35-14-22(31)29-17-5-2-4-16(12-17)25(26,27)28/h2,4-5,7-8,10-12,18H,3,6,9,13-14H2,1H3,(H,29,31)/b21-11-/t18-/m0/s1. The van der Waals surface area contributed by atoms with Gasteiger partial charge in [-0.3, -0.25) is 14.5 Å². The number of methoxy groups -OCH3 is 1. The van der Waals surface area contributed by atoms with Crippen LogP contribution in [0.5, 0.6) is 11.5 Å². The lowest BCUT2D eigenvalue weighted by molar-refractivity contribution is -0.137. The molecule has 12 heteroatoms. The van der Waals surface area contributed by atoms with Crippen molar-refractivity contribution in [3.8, 4) is 11.5 Å². The number of nitrogens with one attached hydrogen (secondary N) is 1. The highest BCUT2D eigenvalue weighted by atomic mass is 32.2. The van der Waals surface area contributed by atoms with Crippen LogP contribution in [0.25, 0.3) is 6.08 Å². The van der Waals surface area contributed by atoms with Gasteiger partial charge >= 0.3 is 6.18 Å². The van der Waals surface area contributed by atoms with Gasteiger partial charge in [0.05, 0.1) is 30.2 Å². The number of thioether (sulfide) groups is 1. The van der Waals surface area contributed by atoms with Crippen molar-refractivity contribution >= 4 is 51.9 Å². The second kappa shape index (κ2) is 11.5. The number of alkyl halides is 3. The molecule has 1 atom stereocenters. The van der Waals surface area contributed by atoms with Crippen LogP contribution in [-0.4, -0.2) is 54.0 Å². The van der Waals surface area contributed by atoms with Crippen LogP contribution in [0, 0.1) is 0 Å². The number of benzene rings is 2. The minimum Gasteiger partial charge on any atom is -0.493 e. The molecule has 0 unspecified atom stereocenters. The van der Waals surface area contributed by atoms with Gasteiger partial charge in [-0.05, 0) is 54.8 Å². The molecule has 2 aliphatic rings. The first-order valence-electron chi connectivity index (χ1n) is 11.3. The Labute approximate surface area is 220 Å². The molecule has 37 heavy (non-hydrogen) atoms. The van der Waals surface area contributed by atoms with E-state index < -0.39 is 24.3 Å². The fourth-order valence-corrected chi connectivity index (χ4v) is 5.08. The van der Waals surface area contributed by atoms with E-state index in [0.29, 0.717) is 33.7 Å². The number of carbonyl (C=O) groups excluding carboxylic acids is 2. The Morgan fingerprint density at radius 2 is 2.08 bits per heavy atom. The first-order valence-corrected chi connectivity index (χ1v) is 12.5. The van der Waals surface area contributed by atoms with Crippen molar-refractivity contribution in [2.24, 2.45) is 0 Å². The van der Waals surface area contributed by atoms with E-state index in [0.717, 1.165) is 25.0 Å². The van der Waals surface area contributed by atoms with E-state index >= 15 is 0 Å². The first-order chi connectivity index (χ1) is 17.6. The SMILES string of the molecule is COc1cc(/C=C2\SC(=S)N(C[C@@H]3CCCO3)C2=O)ccc1OCC(=O)Nc1cccc(C(F)(F)F)c1. The average Bonchev–Trinajstić information content (AvgIpc) is 3.47. The highest BCUT2D eigenvalue weighted by Crippen LogP contribution is 2.35. The van der Waals surface area contributed by atoms with E-state index in [2.05, 4.69) is 5.32 Å². The summed E-state index contributed by atoms with van der Waals surface area (Å²) in [7, 11) is 1.43. The van der Waals surface area contributed by atoms with Gasteiger partial charge in [0.15, 0.2) is 18.1 Å². The number of nitrogens with zero attached hydrogens (tertiary/aromatic N) is 1. The van der Waals surface area contributed by atoms with Crippen molar-refractivity contribution in [3.63, 3.8) is 0 Å². The number of anilines is 1. The molecule has 7 nitrogen and oxygen atoms in total. The van der Waals surface area contributed by atoms with E-state index in [1.54, 1.807) is 29.2 Å². The molecule has 0 aliphatic carbocycles. The molecule has 2 aliphatic heterocycles. The van der Waals surface area contributed by atoms with Crippen LogP contribution in [0.3, 0.4) is 0 Å². The lowest BCUT2D eigenvalue weighted by Gasteiger charge is -2.18. The second-order valence-corrected chi connectivity index (χ2v) is 9.93. The zero-order valence-corrected chi connectivity index (χ0v) is 21.3. The molecule has 2 saturated heterocycles. The molecule has 0 saturated carbocycles. The number of halogens is 3. The lowest BCUT2D eigenvalue weighted by atomic mass is 10.1. The van der Waals surface area contributed by atoms with Crippen molar-refractivity contribution in [1.29, 1.82) is 0 Å². The number of ether oxygens (including phenoxy) is 3. The molecule has 2 heterocycles. The van der Waals surface area contributed by atoms with Crippen LogP contribution in [0.4, 0.5) is 18.9 Å². The van der Waals surface area contributed by atoms with E-state index in [1.807, 2.05) is 0 Å². The van der Waals surface area contributed by atoms with Gasteiger partial charge in [0.1, 0.15) is 4.32 Å². The zero-order chi connectivity index (χ0) is 26.6. The number of hydrogen-bond donors (Lipinski definition) is 1. The summed E-state index contributed by atoms with van der Waals surface area (Å²) < 4.78 is 55.6. The molecule has 4 rings (SSSR count). The molecule has 2 amide bonds. The minimum atomic E-state index is -4.52. The smallest absolute Gasteiger partial charge is 0.416 e. The van der Waals surface area contributed by atoms with Crippen LogP contribution in [0.15, 0.2) is 47.4 Å². The molecule has 2 aromatic carbocycles. The summed E-state index contributed by atoms with van der Waals surface area (Å²) in [6.07, 6.45) is -0.967. The second-order valence-electron chi connectivity index (χ2n) is 8.25. The maximum atomic E-state index is 12.9. The molecule has 1 N–H and O–H groups in total. The van der Waals surface area contributed by atoms with E-state index in [1.165, 1.54) is 31.0 Å². The largest absolute Gasteiger partial charge is 0.493 e. The van der Waals surface area contributed by atoms with Crippen LogP contribution in [0.2, 0.25) is 0 Å². The van der Waals surface area contributed by atoms with Crippen LogP contribution in [-0.2, 0) is 20.5 Å². The Hall–Kier alpha value is -3.09. The van der Waals surface area contributed by atoms with Gasteiger partial charge in [0, 0.05) is 12.3 Å². The van der Waals surface area contributed by atoms with E-state index in [-0.39, 0.29) is 23.4 Å². The van der Waals surface area contributed by atoms with Gasteiger partial charge in [-0.2, -0.15) is 13.2 Å². The topological polar surface area (TPSA) is 77.1 Å². The maximum Gasteiger partial charge on any atom is 0.416 e. The summed E-state index contributed by atoms with van der Waals surface area (Å²) in [4.78, 5) is 27.1. The molecule has 0 spiro atoms. The van der Waals surface area contributed by atoms with Gasteiger partial charge in [-0.15, -0.1) is 0 Å². The van der Waals surface area contributed by atoms with Crippen molar-refractivity contribution < 1.29 is 37.0 Å². The van der Waals surface area contributed by atoms with Crippen LogP contribution in [0.1, 0.15) is 24.0 Å². The fraction of sp³-hybridized carbons (Fsp3) is 0.320. The monoisotopic (exact) mass is 552 g/mol. The minimum absolute atomic E-state index is 0.00236. The summed E-state index contributed by atoms with van der Waals surface area (Å²) in [6.45, 7) is 0.672. The van der Waals surface area contributed by atoms with Crippen molar-refractivity contribution in [2.75, 3.05) is 32.2 Å². The predicted molar refractivity (Wildman–Crippen MR) is 137 cm³/mol. The molecule has 0 bridgehead atoms. The number of rotatable bonds is 8. The van der Waals surface area contributed by atoms with E-state index in [9.17, 15) is 22.8 Å².